The van der Waals surface area contributed by atoms with Gasteiger partial charge >= 0.3 is 5.69 Å². The third kappa shape index (κ3) is 2.57. The van der Waals surface area contributed by atoms with E-state index in [1.54, 1.807) is 35.1 Å². The molecule has 4 aromatic rings. The molecule has 1 saturated carbocycles. The van der Waals surface area contributed by atoms with Crippen LogP contribution in [0.2, 0.25) is 0 Å². The SMILES string of the molecule is O=c1[nH]cc(-c2cc(C3CC3c3ccccc3F)c3nccn3n2)c(=O)[nH]1. The normalized spacial score (nSPS) is 18.7. The number of nitrogens with zero attached hydrogens (tertiary/aromatic N) is 3. The molecule has 27 heavy (non-hydrogen) atoms. The van der Waals surface area contributed by atoms with Crippen LogP contribution in [0.5, 0.6) is 0 Å². The highest BCUT2D eigenvalue weighted by atomic mass is 19.1. The molecule has 1 aliphatic rings. The number of H-pyrrole nitrogens is 2. The van der Waals surface area contributed by atoms with E-state index in [9.17, 15) is 14.0 Å². The van der Waals surface area contributed by atoms with Crippen molar-refractivity contribution in [2.45, 2.75) is 18.3 Å². The lowest BCUT2D eigenvalue weighted by atomic mass is 10.0. The summed E-state index contributed by atoms with van der Waals surface area (Å²) in [5.41, 5.74) is 1.87. The number of halogens is 1. The average molecular weight is 363 g/mol. The van der Waals surface area contributed by atoms with E-state index in [-0.39, 0.29) is 23.2 Å². The van der Waals surface area contributed by atoms with Crippen molar-refractivity contribution in [3.8, 4) is 11.3 Å². The van der Waals surface area contributed by atoms with Crippen molar-refractivity contribution < 1.29 is 4.39 Å². The molecule has 3 aromatic heterocycles. The fourth-order valence-corrected chi connectivity index (χ4v) is 3.60. The first-order valence-electron chi connectivity index (χ1n) is 8.53. The molecule has 8 heteroatoms. The van der Waals surface area contributed by atoms with Crippen molar-refractivity contribution in [2.75, 3.05) is 0 Å². The van der Waals surface area contributed by atoms with Crippen LogP contribution in [0.4, 0.5) is 4.39 Å². The van der Waals surface area contributed by atoms with E-state index in [2.05, 4.69) is 20.1 Å². The topological polar surface area (TPSA) is 95.9 Å². The zero-order valence-electron chi connectivity index (χ0n) is 14.0. The van der Waals surface area contributed by atoms with Crippen molar-refractivity contribution in [1.82, 2.24) is 24.6 Å². The Morgan fingerprint density at radius 2 is 1.96 bits per heavy atom. The summed E-state index contributed by atoms with van der Waals surface area (Å²) in [6.07, 6.45) is 5.47. The molecule has 0 bridgehead atoms. The van der Waals surface area contributed by atoms with Crippen molar-refractivity contribution >= 4 is 5.65 Å². The Hall–Kier alpha value is -3.55. The maximum atomic E-state index is 14.1. The lowest BCUT2D eigenvalue weighted by molar-refractivity contribution is 0.609. The first kappa shape index (κ1) is 15.7. The summed E-state index contributed by atoms with van der Waals surface area (Å²) in [5, 5.41) is 4.42. The maximum Gasteiger partial charge on any atom is 0.325 e. The molecule has 7 nitrogen and oxygen atoms in total. The quantitative estimate of drug-likeness (QED) is 0.583. The predicted molar refractivity (Wildman–Crippen MR) is 96.2 cm³/mol. The summed E-state index contributed by atoms with van der Waals surface area (Å²) in [5.74, 6) is -0.0538. The van der Waals surface area contributed by atoms with Gasteiger partial charge in [-0.05, 0) is 36.0 Å². The summed E-state index contributed by atoms with van der Waals surface area (Å²) in [6, 6.07) is 8.58. The molecule has 2 unspecified atom stereocenters. The number of aromatic nitrogens is 5. The van der Waals surface area contributed by atoms with Crippen LogP contribution in [-0.2, 0) is 0 Å². The van der Waals surface area contributed by atoms with Gasteiger partial charge in [-0.3, -0.25) is 9.78 Å². The van der Waals surface area contributed by atoms with Gasteiger partial charge in [-0.15, -0.1) is 0 Å². The Balaban J connectivity index is 1.63. The molecule has 0 saturated heterocycles. The van der Waals surface area contributed by atoms with Gasteiger partial charge in [0.1, 0.15) is 5.82 Å². The zero-order valence-corrected chi connectivity index (χ0v) is 14.0. The number of rotatable bonds is 3. The average Bonchev–Trinajstić information content (AvgIpc) is 3.29. The van der Waals surface area contributed by atoms with Gasteiger partial charge in [0.25, 0.3) is 5.56 Å². The van der Waals surface area contributed by atoms with Crippen LogP contribution in [0.25, 0.3) is 16.9 Å². The molecule has 0 spiro atoms. The van der Waals surface area contributed by atoms with Gasteiger partial charge in [0.2, 0.25) is 0 Å². The van der Waals surface area contributed by atoms with Crippen LogP contribution >= 0.6 is 0 Å². The summed E-state index contributed by atoms with van der Waals surface area (Å²) in [4.78, 5) is 32.5. The number of hydrogen-bond donors (Lipinski definition) is 2. The molecule has 2 N–H and O–H groups in total. The molecule has 134 valence electrons. The van der Waals surface area contributed by atoms with Gasteiger partial charge in [0.15, 0.2) is 5.65 Å². The highest BCUT2D eigenvalue weighted by Gasteiger charge is 2.42. The first-order valence-corrected chi connectivity index (χ1v) is 8.53. The van der Waals surface area contributed by atoms with Gasteiger partial charge in [-0.1, -0.05) is 18.2 Å². The van der Waals surface area contributed by atoms with Crippen LogP contribution in [0.3, 0.4) is 0 Å². The van der Waals surface area contributed by atoms with Crippen LogP contribution < -0.4 is 11.2 Å². The van der Waals surface area contributed by atoms with E-state index in [1.165, 1.54) is 12.3 Å². The molecule has 2 atom stereocenters. The second kappa shape index (κ2) is 5.73. The summed E-state index contributed by atoms with van der Waals surface area (Å²) in [6.45, 7) is 0. The minimum Gasteiger partial charge on any atom is -0.313 e. The van der Waals surface area contributed by atoms with Crippen molar-refractivity contribution in [1.29, 1.82) is 0 Å². The van der Waals surface area contributed by atoms with E-state index in [0.717, 1.165) is 12.0 Å². The molecule has 1 fully saturated rings. The number of benzene rings is 1. The Bertz CT molecular complexity index is 1290. The van der Waals surface area contributed by atoms with Crippen LogP contribution in [0.1, 0.15) is 29.4 Å². The molecule has 0 radical (unpaired) electrons. The van der Waals surface area contributed by atoms with Crippen LogP contribution in [0.15, 0.2) is 58.5 Å². The summed E-state index contributed by atoms with van der Waals surface area (Å²) < 4.78 is 15.7. The van der Waals surface area contributed by atoms with Crippen molar-refractivity contribution in [3.05, 3.63) is 86.7 Å². The minimum atomic E-state index is -0.575. The van der Waals surface area contributed by atoms with E-state index >= 15 is 0 Å². The number of nitrogens with one attached hydrogen (secondary N) is 2. The largest absolute Gasteiger partial charge is 0.325 e. The molecular weight excluding hydrogens is 349 g/mol. The second-order valence-corrected chi connectivity index (χ2v) is 6.64. The first-order chi connectivity index (χ1) is 13.1. The van der Waals surface area contributed by atoms with Crippen LogP contribution in [-0.4, -0.2) is 24.6 Å². The van der Waals surface area contributed by atoms with Crippen molar-refractivity contribution in [2.24, 2.45) is 0 Å². The molecule has 0 aliphatic heterocycles. The van der Waals surface area contributed by atoms with E-state index in [0.29, 0.717) is 16.9 Å². The molecule has 5 rings (SSSR count). The summed E-state index contributed by atoms with van der Waals surface area (Å²) in [7, 11) is 0. The number of hydrogen-bond acceptors (Lipinski definition) is 4. The lowest BCUT2D eigenvalue weighted by Gasteiger charge is -2.07. The predicted octanol–water partition coefficient (Wildman–Crippen LogP) is 2.18. The Kier molecular flexibility index (Phi) is 3.33. The van der Waals surface area contributed by atoms with Gasteiger partial charge in [-0.2, -0.15) is 5.10 Å². The van der Waals surface area contributed by atoms with Gasteiger partial charge < -0.3 is 4.98 Å². The summed E-state index contributed by atoms with van der Waals surface area (Å²) >= 11 is 0. The number of imidazole rings is 1. The highest BCUT2D eigenvalue weighted by Crippen LogP contribution is 2.56. The van der Waals surface area contributed by atoms with Gasteiger partial charge in [-0.25, -0.2) is 18.7 Å². The molecule has 1 aliphatic carbocycles. The van der Waals surface area contributed by atoms with Crippen molar-refractivity contribution in [3.63, 3.8) is 0 Å². The molecule has 3 heterocycles. The zero-order chi connectivity index (χ0) is 18.5. The number of fused-ring (bicyclic) bond motifs is 1. The monoisotopic (exact) mass is 363 g/mol. The Labute approximate surface area is 151 Å². The number of aromatic amines is 2. The van der Waals surface area contributed by atoms with Gasteiger partial charge in [0, 0.05) is 24.2 Å². The fourth-order valence-electron chi connectivity index (χ4n) is 3.60. The lowest BCUT2D eigenvalue weighted by Crippen LogP contribution is -2.23. The highest BCUT2D eigenvalue weighted by molar-refractivity contribution is 5.63. The van der Waals surface area contributed by atoms with E-state index < -0.39 is 11.2 Å². The molecule has 1 aromatic carbocycles. The minimum absolute atomic E-state index is 0.0656. The standard InChI is InChI=1S/C19H14FN5O2/c20-15-4-2-1-3-10(15)11-7-12(11)13-8-16(24-25-6-5-21-17(13)25)14-9-22-19(27)23-18(14)26/h1-6,8-9,11-12H,7H2,(H2,22,23,26,27). The third-order valence-corrected chi connectivity index (χ3v) is 4.98. The van der Waals surface area contributed by atoms with E-state index in [4.69, 9.17) is 0 Å². The Morgan fingerprint density at radius 1 is 1.15 bits per heavy atom. The van der Waals surface area contributed by atoms with Crippen LogP contribution in [0, 0.1) is 5.82 Å². The maximum absolute atomic E-state index is 14.1. The van der Waals surface area contributed by atoms with E-state index in [1.807, 2.05) is 6.07 Å². The molecular formula is C19H14FN5O2. The van der Waals surface area contributed by atoms with Gasteiger partial charge in [0.05, 0.1) is 11.3 Å². The fraction of sp³-hybridized carbons (Fsp3) is 0.158. The third-order valence-electron chi connectivity index (χ3n) is 4.98. The Morgan fingerprint density at radius 3 is 2.78 bits per heavy atom. The second-order valence-electron chi connectivity index (χ2n) is 6.64. The smallest absolute Gasteiger partial charge is 0.313 e. The molecule has 0 amide bonds.